The van der Waals surface area contributed by atoms with Crippen LogP contribution in [0.2, 0.25) is 0 Å². The minimum atomic E-state index is -0.916. The van der Waals surface area contributed by atoms with Crippen molar-refractivity contribution in [3.8, 4) is 0 Å². The minimum Gasteiger partial charge on any atom is -0.376 e. The van der Waals surface area contributed by atoms with Crippen molar-refractivity contribution in [2.45, 2.75) is 32.0 Å². The Bertz CT molecular complexity index is 1060. The lowest BCUT2D eigenvalue weighted by Gasteiger charge is -2.26. The number of nitrogens with zero attached hydrogens (tertiary/aromatic N) is 3. The zero-order valence-electron chi connectivity index (χ0n) is 16.8. The second kappa shape index (κ2) is 9.34. The Morgan fingerprint density at radius 2 is 2.03 bits per heavy atom. The van der Waals surface area contributed by atoms with E-state index in [-0.39, 0.29) is 30.7 Å². The molecule has 1 saturated heterocycles. The number of carbonyl (C=O) groups is 1. The number of imidazole rings is 1. The fourth-order valence-corrected chi connectivity index (χ4v) is 3.70. The zero-order chi connectivity index (χ0) is 21.8. The number of hydrogen-bond donors (Lipinski definition) is 0. The maximum absolute atomic E-state index is 13.7. The minimum absolute atomic E-state index is 0.0906. The first-order valence-electron chi connectivity index (χ1n) is 10.1. The Morgan fingerprint density at radius 3 is 2.77 bits per heavy atom. The van der Waals surface area contributed by atoms with Crippen molar-refractivity contribution >= 4 is 5.91 Å². The summed E-state index contributed by atoms with van der Waals surface area (Å²) >= 11 is 0. The van der Waals surface area contributed by atoms with Crippen molar-refractivity contribution in [1.82, 2.24) is 14.5 Å². The third kappa shape index (κ3) is 5.14. The average molecular weight is 429 g/mol. The normalized spacial score (nSPS) is 15.9. The lowest BCUT2D eigenvalue weighted by molar-refractivity contribution is 0.0498. The van der Waals surface area contributed by atoms with Crippen LogP contribution in [0.5, 0.6) is 0 Å². The molecule has 4 rings (SSSR count). The Labute approximate surface area is 178 Å². The van der Waals surface area contributed by atoms with E-state index in [2.05, 4.69) is 4.98 Å². The molecule has 1 amide bonds. The Hall–Kier alpha value is -3.13. The van der Waals surface area contributed by atoms with E-state index in [0.29, 0.717) is 24.5 Å². The second-order valence-electron chi connectivity index (χ2n) is 7.55. The topological polar surface area (TPSA) is 47.4 Å². The largest absolute Gasteiger partial charge is 0.376 e. The second-order valence-corrected chi connectivity index (χ2v) is 7.55. The molecule has 1 aliphatic heterocycles. The van der Waals surface area contributed by atoms with E-state index in [9.17, 15) is 18.0 Å². The lowest BCUT2D eigenvalue weighted by atomic mass is 10.1. The van der Waals surface area contributed by atoms with Crippen LogP contribution in [0.4, 0.5) is 13.2 Å². The molecule has 1 fully saturated rings. The van der Waals surface area contributed by atoms with E-state index < -0.39 is 17.5 Å². The van der Waals surface area contributed by atoms with Crippen molar-refractivity contribution in [1.29, 1.82) is 0 Å². The first-order chi connectivity index (χ1) is 15.0. The molecule has 8 heteroatoms. The van der Waals surface area contributed by atoms with Gasteiger partial charge < -0.3 is 14.2 Å². The van der Waals surface area contributed by atoms with Gasteiger partial charge in [0.2, 0.25) is 0 Å². The lowest BCUT2D eigenvalue weighted by Crippen LogP contribution is -2.37. The van der Waals surface area contributed by atoms with E-state index in [1.54, 1.807) is 27.9 Å². The van der Waals surface area contributed by atoms with E-state index in [4.69, 9.17) is 4.74 Å². The van der Waals surface area contributed by atoms with Gasteiger partial charge in [0, 0.05) is 37.7 Å². The van der Waals surface area contributed by atoms with E-state index in [0.717, 1.165) is 25.0 Å². The fraction of sp³-hybridized carbons (Fsp3) is 0.304. The molecule has 2 heterocycles. The highest BCUT2D eigenvalue weighted by Crippen LogP contribution is 2.18. The Balaban J connectivity index is 1.56. The fourth-order valence-electron chi connectivity index (χ4n) is 3.70. The zero-order valence-corrected chi connectivity index (χ0v) is 16.8. The quantitative estimate of drug-likeness (QED) is 0.567. The van der Waals surface area contributed by atoms with Crippen LogP contribution >= 0.6 is 0 Å². The molecule has 2 aromatic carbocycles. The smallest absolute Gasteiger partial charge is 0.254 e. The summed E-state index contributed by atoms with van der Waals surface area (Å²) < 4.78 is 47.9. The molecule has 31 heavy (non-hydrogen) atoms. The predicted octanol–water partition coefficient (Wildman–Crippen LogP) is 4.17. The number of halogens is 3. The first-order valence-corrected chi connectivity index (χ1v) is 10.1. The number of rotatable bonds is 7. The first kappa shape index (κ1) is 21.1. The van der Waals surface area contributed by atoms with Gasteiger partial charge in [-0.2, -0.15) is 0 Å². The number of aromatic nitrogens is 2. The summed E-state index contributed by atoms with van der Waals surface area (Å²) in [5.74, 6) is -2.05. The number of carbonyl (C=O) groups excluding carboxylic acids is 1. The van der Waals surface area contributed by atoms with Crippen LogP contribution in [-0.4, -0.2) is 39.6 Å². The van der Waals surface area contributed by atoms with Crippen LogP contribution in [0.3, 0.4) is 0 Å². The monoisotopic (exact) mass is 429 g/mol. The maximum atomic E-state index is 13.7. The van der Waals surface area contributed by atoms with Crippen molar-refractivity contribution in [3.63, 3.8) is 0 Å². The highest BCUT2D eigenvalue weighted by Gasteiger charge is 2.25. The molecule has 3 aromatic rings. The van der Waals surface area contributed by atoms with Crippen LogP contribution in [0.15, 0.2) is 54.9 Å². The van der Waals surface area contributed by atoms with Crippen LogP contribution in [0.1, 0.15) is 34.6 Å². The third-order valence-electron chi connectivity index (χ3n) is 5.28. The summed E-state index contributed by atoms with van der Waals surface area (Å²) in [6, 6.07) is 9.29. The molecule has 0 N–H and O–H groups in total. The standard InChI is InChI=1S/C23H22F3N3O2/c24-18-4-1-3-17(12-18)23(30)29(14-19-5-2-10-31-19)15-22-27-8-9-28(22)13-16-6-7-20(25)21(26)11-16/h1,3-4,6-9,11-12,19H,2,5,10,13-15H2. The van der Waals surface area contributed by atoms with Gasteiger partial charge in [-0.3, -0.25) is 4.79 Å². The van der Waals surface area contributed by atoms with Crippen molar-refractivity contribution in [2.75, 3.05) is 13.2 Å². The summed E-state index contributed by atoms with van der Waals surface area (Å²) in [6.45, 7) is 1.45. The van der Waals surface area contributed by atoms with Crippen LogP contribution < -0.4 is 0 Å². The number of ether oxygens (including phenoxy) is 1. The van der Waals surface area contributed by atoms with Crippen LogP contribution in [0, 0.1) is 17.5 Å². The highest BCUT2D eigenvalue weighted by molar-refractivity contribution is 5.94. The third-order valence-corrected chi connectivity index (χ3v) is 5.28. The molecule has 1 aromatic heterocycles. The number of benzene rings is 2. The molecule has 0 bridgehead atoms. The molecule has 0 saturated carbocycles. The molecule has 1 unspecified atom stereocenters. The molecule has 1 aliphatic rings. The summed E-state index contributed by atoms with van der Waals surface area (Å²) in [5.41, 5.74) is 0.817. The van der Waals surface area contributed by atoms with Gasteiger partial charge in [-0.15, -0.1) is 0 Å². The average Bonchev–Trinajstić information content (AvgIpc) is 3.42. The summed E-state index contributed by atoms with van der Waals surface area (Å²) in [7, 11) is 0. The van der Waals surface area contributed by atoms with Gasteiger partial charge >= 0.3 is 0 Å². The van der Waals surface area contributed by atoms with Crippen molar-refractivity contribution in [2.24, 2.45) is 0 Å². The van der Waals surface area contributed by atoms with Gasteiger partial charge in [0.05, 0.1) is 12.6 Å². The molecule has 1 atom stereocenters. The molecule has 0 spiro atoms. The predicted molar refractivity (Wildman–Crippen MR) is 108 cm³/mol. The number of hydrogen-bond acceptors (Lipinski definition) is 3. The van der Waals surface area contributed by atoms with E-state index >= 15 is 0 Å². The summed E-state index contributed by atoms with van der Waals surface area (Å²) in [5, 5.41) is 0. The van der Waals surface area contributed by atoms with Gasteiger partial charge in [-0.05, 0) is 48.7 Å². The van der Waals surface area contributed by atoms with E-state index in [1.165, 1.54) is 24.3 Å². The molecule has 0 radical (unpaired) electrons. The van der Waals surface area contributed by atoms with Crippen LogP contribution in [-0.2, 0) is 17.8 Å². The van der Waals surface area contributed by atoms with Gasteiger partial charge in [-0.25, -0.2) is 18.2 Å². The Morgan fingerprint density at radius 1 is 1.16 bits per heavy atom. The van der Waals surface area contributed by atoms with Gasteiger partial charge in [0.25, 0.3) is 5.91 Å². The molecular weight excluding hydrogens is 407 g/mol. The maximum Gasteiger partial charge on any atom is 0.254 e. The van der Waals surface area contributed by atoms with Crippen LogP contribution in [0.25, 0.3) is 0 Å². The van der Waals surface area contributed by atoms with Gasteiger partial charge in [-0.1, -0.05) is 12.1 Å². The van der Waals surface area contributed by atoms with E-state index in [1.807, 2.05) is 0 Å². The SMILES string of the molecule is O=C(c1cccc(F)c1)N(Cc1nccn1Cc1ccc(F)c(F)c1)CC1CCCO1. The van der Waals surface area contributed by atoms with Crippen molar-refractivity contribution < 1.29 is 22.7 Å². The molecule has 0 aliphatic carbocycles. The molecule has 162 valence electrons. The van der Waals surface area contributed by atoms with Gasteiger partial charge in [0.15, 0.2) is 11.6 Å². The summed E-state index contributed by atoms with van der Waals surface area (Å²) in [6.07, 6.45) is 4.99. The molecular formula is C23H22F3N3O2. The summed E-state index contributed by atoms with van der Waals surface area (Å²) in [4.78, 5) is 19.1. The Kier molecular flexibility index (Phi) is 6.36. The molecule has 5 nitrogen and oxygen atoms in total. The van der Waals surface area contributed by atoms with Crippen molar-refractivity contribution in [3.05, 3.63) is 89.3 Å². The number of amides is 1. The van der Waals surface area contributed by atoms with Gasteiger partial charge in [0.1, 0.15) is 11.6 Å². The highest BCUT2D eigenvalue weighted by atomic mass is 19.2.